The van der Waals surface area contributed by atoms with Gasteiger partial charge in [-0.05, 0) is 55.9 Å². The lowest BCUT2D eigenvalue weighted by Crippen LogP contribution is -2.55. The highest BCUT2D eigenvalue weighted by Crippen LogP contribution is 2.24. The molecule has 0 saturated heterocycles. The Balaban J connectivity index is 2.32. The lowest BCUT2D eigenvalue weighted by Gasteiger charge is -2.26. The highest BCUT2D eigenvalue weighted by Gasteiger charge is 2.29. The second-order valence-corrected chi connectivity index (χ2v) is 9.85. The van der Waals surface area contributed by atoms with Gasteiger partial charge in [0.15, 0.2) is 0 Å². The number of hydrogen-bond donors (Lipinski definition) is 3. The molecule has 184 valence electrons. The third kappa shape index (κ3) is 8.21. The molecular weight excluding hydrogens is 430 g/mol. The average Bonchev–Trinajstić information content (AvgIpc) is 2.73. The highest BCUT2D eigenvalue weighted by molar-refractivity contribution is 5.91. The number of nitrogens with two attached hydrogens (primary N) is 1. The summed E-state index contributed by atoms with van der Waals surface area (Å²) in [5.74, 6) is -0.910. The standard InChI is InChI=1S/C27H37N3O4/c1-17(2)20-14-10-11-18(3)21(20)16-23(30-26(33)34-27(4,5)6)25(32)29-22(24(28)31)15-19-12-8-7-9-13-19/h7-14,17,22-23H,15-16H2,1-6H3,(H2,28,31)(H,29,32)(H,30,33)/t22-,23-/m0/s1. The maximum absolute atomic E-state index is 13.4. The van der Waals surface area contributed by atoms with Gasteiger partial charge in [0, 0.05) is 12.8 Å². The Kier molecular flexibility index (Phi) is 9.24. The Morgan fingerprint density at radius 2 is 1.56 bits per heavy atom. The van der Waals surface area contributed by atoms with Crippen LogP contribution in [0.2, 0.25) is 0 Å². The van der Waals surface area contributed by atoms with Gasteiger partial charge in [-0.25, -0.2) is 4.79 Å². The maximum Gasteiger partial charge on any atom is 0.408 e. The number of rotatable bonds is 9. The van der Waals surface area contributed by atoms with Crippen molar-refractivity contribution in [2.75, 3.05) is 0 Å². The summed E-state index contributed by atoms with van der Waals surface area (Å²) >= 11 is 0. The number of carbonyl (C=O) groups excluding carboxylic acids is 3. The van der Waals surface area contributed by atoms with E-state index in [0.29, 0.717) is 0 Å². The van der Waals surface area contributed by atoms with Crippen molar-refractivity contribution in [3.05, 3.63) is 70.8 Å². The normalized spacial score (nSPS) is 13.1. The van der Waals surface area contributed by atoms with Gasteiger partial charge < -0.3 is 21.1 Å². The van der Waals surface area contributed by atoms with E-state index in [2.05, 4.69) is 24.5 Å². The molecule has 0 radical (unpaired) electrons. The SMILES string of the molecule is Cc1cccc(C(C)C)c1C[C@H](NC(=O)OC(C)(C)C)C(=O)N[C@@H](Cc1ccccc1)C(N)=O. The van der Waals surface area contributed by atoms with Gasteiger partial charge >= 0.3 is 6.09 Å². The quantitative estimate of drug-likeness (QED) is 0.521. The van der Waals surface area contributed by atoms with Crippen LogP contribution in [0.1, 0.15) is 62.8 Å². The Labute approximate surface area is 202 Å². The van der Waals surface area contributed by atoms with Gasteiger partial charge in [-0.15, -0.1) is 0 Å². The van der Waals surface area contributed by atoms with Crippen molar-refractivity contribution in [3.63, 3.8) is 0 Å². The summed E-state index contributed by atoms with van der Waals surface area (Å²) in [7, 11) is 0. The van der Waals surface area contributed by atoms with Crippen LogP contribution in [0.5, 0.6) is 0 Å². The second-order valence-electron chi connectivity index (χ2n) is 9.85. The smallest absolute Gasteiger partial charge is 0.408 e. The van der Waals surface area contributed by atoms with Crippen LogP contribution in [0.4, 0.5) is 4.79 Å². The summed E-state index contributed by atoms with van der Waals surface area (Å²) in [6.07, 6.45) is -0.198. The van der Waals surface area contributed by atoms with Crippen LogP contribution in [0.25, 0.3) is 0 Å². The molecule has 0 aromatic heterocycles. The van der Waals surface area contributed by atoms with E-state index in [1.807, 2.05) is 55.5 Å². The number of benzene rings is 2. The molecule has 4 N–H and O–H groups in total. The molecule has 2 aromatic carbocycles. The van der Waals surface area contributed by atoms with Crippen molar-refractivity contribution in [1.82, 2.24) is 10.6 Å². The summed E-state index contributed by atoms with van der Waals surface area (Å²) in [6, 6.07) is 13.4. The third-order valence-electron chi connectivity index (χ3n) is 5.43. The van der Waals surface area contributed by atoms with Crippen molar-refractivity contribution in [1.29, 1.82) is 0 Å². The molecule has 0 bridgehead atoms. The van der Waals surface area contributed by atoms with Gasteiger partial charge in [0.05, 0.1) is 0 Å². The fraction of sp³-hybridized carbons (Fsp3) is 0.444. The molecule has 7 nitrogen and oxygen atoms in total. The molecule has 2 atom stereocenters. The molecule has 2 aromatic rings. The predicted octanol–water partition coefficient (Wildman–Crippen LogP) is 3.77. The summed E-state index contributed by atoms with van der Waals surface area (Å²) in [5, 5.41) is 5.44. The molecular formula is C27H37N3O4. The second kappa shape index (κ2) is 11.7. The lowest BCUT2D eigenvalue weighted by atomic mass is 9.89. The number of nitrogens with one attached hydrogen (secondary N) is 2. The molecule has 0 unspecified atom stereocenters. The first-order valence-electron chi connectivity index (χ1n) is 11.6. The summed E-state index contributed by atoms with van der Waals surface area (Å²) in [5.41, 5.74) is 8.83. The minimum Gasteiger partial charge on any atom is -0.444 e. The molecule has 0 heterocycles. The Hall–Kier alpha value is -3.35. The molecule has 2 rings (SSSR count). The fourth-order valence-electron chi connectivity index (χ4n) is 3.75. The molecule has 0 aliphatic carbocycles. The average molecular weight is 468 g/mol. The molecule has 0 aliphatic rings. The molecule has 0 fully saturated rings. The van der Waals surface area contributed by atoms with Gasteiger partial charge in [-0.1, -0.05) is 62.4 Å². The molecule has 0 aliphatic heterocycles. The minimum atomic E-state index is -0.953. The van der Waals surface area contributed by atoms with E-state index in [1.165, 1.54) is 0 Å². The lowest BCUT2D eigenvalue weighted by molar-refractivity contribution is -0.128. The van der Waals surface area contributed by atoms with Crippen molar-refractivity contribution in [2.24, 2.45) is 5.73 Å². The fourth-order valence-corrected chi connectivity index (χ4v) is 3.75. The van der Waals surface area contributed by atoms with Crippen LogP contribution in [0, 0.1) is 6.92 Å². The Bertz CT molecular complexity index is 997. The topological polar surface area (TPSA) is 111 Å². The number of amides is 3. The first-order chi connectivity index (χ1) is 15.9. The zero-order valence-electron chi connectivity index (χ0n) is 21.0. The van der Waals surface area contributed by atoms with E-state index >= 15 is 0 Å². The largest absolute Gasteiger partial charge is 0.444 e. The monoisotopic (exact) mass is 467 g/mol. The van der Waals surface area contributed by atoms with Crippen molar-refractivity contribution in [3.8, 4) is 0 Å². The number of hydrogen-bond acceptors (Lipinski definition) is 4. The van der Waals surface area contributed by atoms with Crippen molar-refractivity contribution < 1.29 is 19.1 Å². The number of alkyl carbamates (subject to hydrolysis) is 1. The van der Waals surface area contributed by atoms with Crippen LogP contribution >= 0.6 is 0 Å². The first kappa shape index (κ1) is 26.9. The first-order valence-corrected chi connectivity index (χ1v) is 11.6. The zero-order valence-corrected chi connectivity index (χ0v) is 21.0. The van der Waals surface area contributed by atoms with Crippen molar-refractivity contribution in [2.45, 2.75) is 78.0 Å². The van der Waals surface area contributed by atoms with E-state index < -0.39 is 35.6 Å². The number of carbonyl (C=O) groups is 3. The zero-order chi connectivity index (χ0) is 25.5. The number of ether oxygens (including phenoxy) is 1. The predicted molar refractivity (Wildman–Crippen MR) is 133 cm³/mol. The van der Waals surface area contributed by atoms with E-state index in [4.69, 9.17) is 10.5 Å². The summed E-state index contributed by atoms with van der Waals surface area (Å²) < 4.78 is 5.39. The van der Waals surface area contributed by atoms with Crippen LogP contribution in [-0.4, -0.2) is 35.6 Å². The highest BCUT2D eigenvalue weighted by atomic mass is 16.6. The van der Waals surface area contributed by atoms with Crippen LogP contribution in [0.15, 0.2) is 48.5 Å². The Morgan fingerprint density at radius 3 is 2.12 bits per heavy atom. The van der Waals surface area contributed by atoms with Gasteiger partial charge in [0.2, 0.25) is 11.8 Å². The Morgan fingerprint density at radius 1 is 0.912 bits per heavy atom. The molecule has 34 heavy (non-hydrogen) atoms. The van der Waals surface area contributed by atoms with Crippen LogP contribution in [-0.2, 0) is 27.2 Å². The van der Waals surface area contributed by atoms with Gasteiger partial charge in [-0.2, -0.15) is 0 Å². The van der Waals surface area contributed by atoms with Crippen molar-refractivity contribution >= 4 is 17.9 Å². The minimum absolute atomic E-state index is 0.233. The molecule has 3 amide bonds. The molecule has 0 spiro atoms. The van der Waals surface area contributed by atoms with Gasteiger partial charge in [0.1, 0.15) is 17.7 Å². The summed E-state index contributed by atoms with van der Waals surface area (Å²) in [4.78, 5) is 38.1. The van der Waals surface area contributed by atoms with Crippen LogP contribution < -0.4 is 16.4 Å². The van der Waals surface area contributed by atoms with Crippen LogP contribution in [0.3, 0.4) is 0 Å². The van der Waals surface area contributed by atoms with E-state index in [1.54, 1.807) is 20.8 Å². The van der Waals surface area contributed by atoms with Gasteiger partial charge in [0.25, 0.3) is 0 Å². The third-order valence-corrected chi connectivity index (χ3v) is 5.43. The van der Waals surface area contributed by atoms with E-state index in [-0.39, 0.29) is 18.8 Å². The van der Waals surface area contributed by atoms with E-state index in [9.17, 15) is 14.4 Å². The summed E-state index contributed by atoms with van der Waals surface area (Å²) in [6.45, 7) is 11.4. The number of primary amides is 1. The maximum atomic E-state index is 13.4. The molecule has 7 heteroatoms. The van der Waals surface area contributed by atoms with E-state index in [0.717, 1.165) is 22.3 Å². The molecule has 0 saturated carbocycles. The number of aryl methyl sites for hydroxylation is 1. The van der Waals surface area contributed by atoms with Gasteiger partial charge in [-0.3, -0.25) is 9.59 Å².